The summed E-state index contributed by atoms with van der Waals surface area (Å²) in [7, 11) is 0. The highest BCUT2D eigenvalue weighted by Gasteiger charge is 2.29. The highest BCUT2D eigenvalue weighted by Crippen LogP contribution is 2.26. The molecule has 1 atom stereocenters. The Labute approximate surface area is 213 Å². The Balaban J connectivity index is 1.04. The second-order valence-corrected chi connectivity index (χ2v) is 10.1. The number of hydrogen-bond acceptors (Lipinski definition) is 6. The van der Waals surface area contributed by atoms with E-state index in [1.54, 1.807) is 6.20 Å². The average molecular weight is 493 g/mol. The fourth-order valence-corrected chi connectivity index (χ4v) is 5.35. The quantitative estimate of drug-likeness (QED) is 0.634. The standard InChI is InChI=1S/C28H36N4O4/c33-27(18-21-10-16-35-17-11-21)31-14-8-26(9-15-31)36-25-5-3-23(4-6-25)30-28(34)22-7-13-32(20-22)24-2-1-12-29-19-24/h1-6,12,19,21-22,26H,7-11,13-18,20H2,(H,30,34)/t22-/m0/s1. The van der Waals surface area contributed by atoms with Crippen molar-refractivity contribution >= 4 is 23.2 Å². The SMILES string of the molecule is O=C(Nc1ccc(OC2CCN(C(=O)CC3CCOCC3)CC2)cc1)[C@H]1CCN(c2cccnc2)C1. The molecule has 1 aromatic heterocycles. The van der Waals surface area contributed by atoms with E-state index < -0.39 is 0 Å². The molecule has 2 aromatic rings. The molecular weight excluding hydrogens is 456 g/mol. The first kappa shape index (κ1) is 24.6. The Bertz CT molecular complexity index is 1000. The molecule has 0 spiro atoms. The predicted octanol–water partition coefficient (Wildman–Crippen LogP) is 3.73. The number of aromatic nitrogens is 1. The summed E-state index contributed by atoms with van der Waals surface area (Å²) in [4.78, 5) is 33.8. The fourth-order valence-electron chi connectivity index (χ4n) is 5.35. The van der Waals surface area contributed by atoms with Gasteiger partial charge in [-0.3, -0.25) is 14.6 Å². The van der Waals surface area contributed by atoms with Crippen molar-refractivity contribution in [3.63, 3.8) is 0 Å². The van der Waals surface area contributed by atoms with Crippen molar-refractivity contribution in [1.29, 1.82) is 0 Å². The van der Waals surface area contributed by atoms with E-state index >= 15 is 0 Å². The van der Waals surface area contributed by atoms with Crippen LogP contribution in [0.5, 0.6) is 5.75 Å². The lowest BCUT2D eigenvalue weighted by Crippen LogP contribution is -2.42. The summed E-state index contributed by atoms with van der Waals surface area (Å²) in [5, 5.41) is 3.05. The van der Waals surface area contributed by atoms with Crippen molar-refractivity contribution < 1.29 is 19.1 Å². The summed E-state index contributed by atoms with van der Waals surface area (Å²) < 4.78 is 11.6. The number of nitrogens with one attached hydrogen (secondary N) is 1. The van der Waals surface area contributed by atoms with Gasteiger partial charge in [-0.05, 0) is 61.6 Å². The summed E-state index contributed by atoms with van der Waals surface area (Å²) in [5.74, 6) is 1.54. The van der Waals surface area contributed by atoms with E-state index in [1.807, 2.05) is 47.5 Å². The average Bonchev–Trinajstić information content (AvgIpc) is 3.42. The van der Waals surface area contributed by atoms with Crippen molar-refractivity contribution in [3.8, 4) is 5.75 Å². The maximum Gasteiger partial charge on any atom is 0.229 e. The van der Waals surface area contributed by atoms with Gasteiger partial charge in [-0.15, -0.1) is 0 Å². The molecule has 3 fully saturated rings. The number of benzene rings is 1. The van der Waals surface area contributed by atoms with Gasteiger partial charge in [0.15, 0.2) is 0 Å². The third-order valence-electron chi connectivity index (χ3n) is 7.59. The Morgan fingerprint density at radius 1 is 1.00 bits per heavy atom. The van der Waals surface area contributed by atoms with Crippen molar-refractivity contribution in [2.24, 2.45) is 11.8 Å². The van der Waals surface area contributed by atoms with Crippen LogP contribution in [0.4, 0.5) is 11.4 Å². The lowest BCUT2D eigenvalue weighted by molar-refractivity contribution is -0.134. The highest BCUT2D eigenvalue weighted by molar-refractivity contribution is 5.93. The lowest BCUT2D eigenvalue weighted by Gasteiger charge is -2.33. The van der Waals surface area contributed by atoms with E-state index in [4.69, 9.17) is 9.47 Å². The molecule has 0 aliphatic carbocycles. The molecule has 5 rings (SSSR count). The van der Waals surface area contributed by atoms with E-state index in [9.17, 15) is 9.59 Å². The van der Waals surface area contributed by atoms with E-state index in [0.29, 0.717) is 18.9 Å². The zero-order valence-corrected chi connectivity index (χ0v) is 20.8. The molecule has 4 heterocycles. The second-order valence-electron chi connectivity index (χ2n) is 10.1. The third kappa shape index (κ3) is 6.35. The number of amides is 2. The second kappa shape index (κ2) is 11.7. The minimum absolute atomic E-state index is 0.0412. The normalized spacial score (nSPS) is 21.4. The minimum atomic E-state index is -0.0412. The molecule has 0 saturated carbocycles. The van der Waals surface area contributed by atoms with E-state index in [-0.39, 0.29) is 23.8 Å². The van der Waals surface area contributed by atoms with Gasteiger partial charge in [-0.2, -0.15) is 0 Å². The summed E-state index contributed by atoms with van der Waals surface area (Å²) in [6.07, 6.45) is 8.85. The summed E-state index contributed by atoms with van der Waals surface area (Å²) in [6.45, 7) is 4.62. The number of pyridine rings is 1. The van der Waals surface area contributed by atoms with Crippen LogP contribution in [0.25, 0.3) is 0 Å². The van der Waals surface area contributed by atoms with Gasteiger partial charge in [0.25, 0.3) is 0 Å². The van der Waals surface area contributed by atoms with Gasteiger partial charge in [-0.1, -0.05) is 0 Å². The van der Waals surface area contributed by atoms with Gasteiger partial charge in [0.05, 0.1) is 17.8 Å². The number of ether oxygens (including phenoxy) is 2. The monoisotopic (exact) mass is 492 g/mol. The van der Waals surface area contributed by atoms with Crippen LogP contribution in [-0.4, -0.2) is 67.2 Å². The molecule has 3 saturated heterocycles. The molecule has 3 aliphatic heterocycles. The summed E-state index contributed by atoms with van der Waals surface area (Å²) >= 11 is 0. The molecule has 192 valence electrons. The first-order valence-corrected chi connectivity index (χ1v) is 13.2. The molecule has 3 aliphatic rings. The van der Waals surface area contributed by atoms with Crippen molar-refractivity contribution in [2.45, 2.75) is 44.6 Å². The van der Waals surface area contributed by atoms with Gasteiger partial charge in [0.2, 0.25) is 11.8 Å². The van der Waals surface area contributed by atoms with Gasteiger partial charge in [0.1, 0.15) is 11.9 Å². The number of carbonyl (C=O) groups excluding carboxylic acids is 2. The zero-order chi connectivity index (χ0) is 24.7. The predicted molar refractivity (Wildman–Crippen MR) is 138 cm³/mol. The van der Waals surface area contributed by atoms with Crippen LogP contribution < -0.4 is 15.0 Å². The van der Waals surface area contributed by atoms with Crippen LogP contribution in [0.15, 0.2) is 48.8 Å². The van der Waals surface area contributed by atoms with Crippen LogP contribution in [0, 0.1) is 11.8 Å². The number of anilines is 2. The van der Waals surface area contributed by atoms with E-state index in [2.05, 4.69) is 15.2 Å². The molecule has 2 amide bonds. The zero-order valence-electron chi connectivity index (χ0n) is 20.8. The van der Waals surface area contributed by atoms with Crippen LogP contribution in [-0.2, 0) is 14.3 Å². The molecule has 8 heteroatoms. The summed E-state index contributed by atoms with van der Waals surface area (Å²) in [6, 6.07) is 11.6. The Hall–Kier alpha value is -3.13. The molecule has 36 heavy (non-hydrogen) atoms. The summed E-state index contributed by atoms with van der Waals surface area (Å²) in [5.41, 5.74) is 1.84. The van der Waals surface area contributed by atoms with Crippen LogP contribution in [0.3, 0.4) is 0 Å². The smallest absolute Gasteiger partial charge is 0.229 e. The number of rotatable bonds is 7. The molecular formula is C28H36N4O4. The number of likely N-dealkylation sites (tertiary alicyclic amines) is 1. The molecule has 1 aromatic carbocycles. The first-order chi connectivity index (χ1) is 17.6. The molecule has 0 unspecified atom stereocenters. The van der Waals surface area contributed by atoms with Gasteiger partial charge < -0.3 is 24.6 Å². The number of carbonyl (C=O) groups is 2. The Morgan fingerprint density at radius 2 is 1.78 bits per heavy atom. The lowest BCUT2D eigenvalue weighted by atomic mass is 9.95. The number of hydrogen-bond donors (Lipinski definition) is 1. The maximum absolute atomic E-state index is 12.8. The van der Waals surface area contributed by atoms with Gasteiger partial charge >= 0.3 is 0 Å². The van der Waals surface area contributed by atoms with Gasteiger partial charge in [-0.25, -0.2) is 0 Å². The van der Waals surface area contributed by atoms with Crippen molar-refractivity contribution in [1.82, 2.24) is 9.88 Å². The van der Waals surface area contributed by atoms with E-state index in [0.717, 1.165) is 82.1 Å². The molecule has 1 N–H and O–H groups in total. The Morgan fingerprint density at radius 3 is 2.50 bits per heavy atom. The number of piperidine rings is 1. The topological polar surface area (TPSA) is 84.0 Å². The third-order valence-corrected chi connectivity index (χ3v) is 7.59. The minimum Gasteiger partial charge on any atom is -0.490 e. The van der Waals surface area contributed by atoms with Crippen LogP contribution >= 0.6 is 0 Å². The first-order valence-electron chi connectivity index (χ1n) is 13.2. The van der Waals surface area contributed by atoms with Crippen LogP contribution in [0.1, 0.15) is 38.5 Å². The molecule has 0 bridgehead atoms. The largest absolute Gasteiger partial charge is 0.490 e. The van der Waals surface area contributed by atoms with Crippen LogP contribution in [0.2, 0.25) is 0 Å². The molecule has 8 nitrogen and oxygen atoms in total. The molecule has 0 radical (unpaired) electrons. The Kier molecular flexibility index (Phi) is 8.01. The van der Waals surface area contributed by atoms with Gasteiger partial charge in [0, 0.05) is 70.5 Å². The van der Waals surface area contributed by atoms with Crippen molar-refractivity contribution in [3.05, 3.63) is 48.8 Å². The van der Waals surface area contributed by atoms with Crippen molar-refractivity contribution in [2.75, 3.05) is 49.6 Å². The van der Waals surface area contributed by atoms with E-state index in [1.165, 1.54) is 0 Å². The maximum atomic E-state index is 12.8. The fraction of sp³-hybridized carbons (Fsp3) is 0.536. The highest BCUT2D eigenvalue weighted by atomic mass is 16.5. The number of nitrogens with zero attached hydrogens (tertiary/aromatic N) is 3.